The molecule has 1 heterocycles. The largest absolute Gasteiger partial charge is 0.497 e. The SMILES string of the molecule is COCCCN(Cc1c(-c2ccccc2)noc1N(C)C1CCCCC1)C(=O)c1cccc(OC)c1. The summed E-state index contributed by atoms with van der Waals surface area (Å²) < 4.78 is 16.7. The Morgan fingerprint density at radius 2 is 1.83 bits per heavy atom. The first-order valence-corrected chi connectivity index (χ1v) is 12.8. The van der Waals surface area contributed by atoms with Crippen molar-refractivity contribution in [1.29, 1.82) is 0 Å². The molecule has 2 aromatic carbocycles. The second kappa shape index (κ2) is 12.6. The highest BCUT2D eigenvalue weighted by atomic mass is 16.5. The van der Waals surface area contributed by atoms with Gasteiger partial charge < -0.3 is 23.8 Å². The summed E-state index contributed by atoms with van der Waals surface area (Å²) in [5.74, 6) is 1.35. The first-order valence-electron chi connectivity index (χ1n) is 12.8. The minimum Gasteiger partial charge on any atom is -0.497 e. The molecular weight excluding hydrogens is 454 g/mol. The zero-order valence-electron chi connectivity index (χ0n) is 21.6. The normalized spacial score (nSPS) is 14.0. The van der Waals surface area contributed by atoms with Crippen LogP contribution in [0.4, 0.5) is 5.88 Å². The van der Waals surface area contributed by atoms with Crippen LogP contribution in [0.3, 0.4) is 0 Å². The van der Waals surface area contributed by atoms with E-state index in [0.29, 0.717) is 37.1 Å². The number of carbonyl (C=O) groups is 1. The van der Waals surface area contributed by atoms with Gasteiger partial charge in [-0.1, -0.05) is 60.8 Å². The quantitative estimate of drug-likeness (QED) is 0.316. The van der Waals surface area contributed by atoms with Gasteiger partial charge in [-0.2, -0.15) is 0 Å². The van der Waals surface area contributed by atoms with Gasteiger partial charge in [0.25, 0.3) is 5.91 Å². The standard InChI is InChI=1S/C29H37N3O4/c1-31(24-15-8-5-9-16-24)29-26(27(30-36-29)22-12-6-4-7-13-22)21-32(18-11-19-34-2)28(33)23-14-10-17-25(20-23)35-3/h4,6-7,10,12-14,17,20,24H,5,8-9,11,15-16,18-19,21H2,1-3H3. The van der Waals surface area contributed by atoms with Crippen molar-refractivity contribution in [3.63, 3.8) is 0 Å². The van der Waals surface area contributed by atoms with Crippen LogP contribution in [-0.4, -0.2) is 56.4 Å². The number of methoxy groups -OCH3 is 2. The van der Waals surface area contributed by atoms with E-state index in [9.17, 15) is 4.79 Å². The summed E-state index contributed by atoms with van der Waals surface area (Å²) in [5, 5.41) is 4.51. The molecule has 1 amide bonds. The van der Waals surface area contributed by atoms with Gasteiger partial charge in [0.1, 0.15) is 11.4 Å². The molecule has 1 aliphatic carbocycles. The van der Waals surface area contributed by atoms with E-state index in [2.05, 4.69) is 17.1 Å². The topological polar surface area (TPSA) is 68.0 Å². The van der Waals surface area contributed by atoms with Gasteiger partial charge in [-0.25, -0.2) is 0 Å². The van der Waals surface area contributed by atoms with E-state index in [-0.39, 0.29) is 5.91 Å². The Kier molecular flexibility index (Phi) is 9.01. The van der Waals surface area contributed by atoms with Crippen LogP contribution in [0.1, 0.15) is 54.4 Å². The van der Waals surface area contributed by atoms with Crippen LogP contribution in [0, 0.1) is 0 Å². The minimum absolute atomic E-state index is 0.0588. The highest BCUT2D eigenvalue weighted by molar-refractivity contribution is 5.94. The molecule has 1 aliphatic rings. The predicted molar refractivity (Wildman–Crippen MR) is 141 cm³/mol. The molecule has 0 radical (unpaired) electrons. The average molecular weight is 492 g/mol. The van der Waals surface area contributed by atoms with Crippen molar-refractivity contribution >= 4 is 11.8 Å². The Morgan fingerprint density at radius 1 is 1.06 bits per heavy atom. The van der Waals surface area contributed by atoms with Gasteiger partial charge in [-0.3, -0.25) is 4.79 Å². The number of rotatable bonds is 11. The van der Waals surface area contributed by atoms with Crippen molar-refractivity contribution in [3.8, 4) is 17.0 Å². The Hall–Kier alpha value is -3.32. The molecule has 0 aliphatic heterocycles. The van der Waals surface area contributed by atoms with E-state index in [4.69, 9.17) is 14.0 Å². The fourth-order valence-corrected chi connectivity index (χ4v) is 4.96. The second-order valence-corrected chi connectivity index (χ2v) is 9.39. The Bertz CT molecular complexity index is 1110. The molecule has 0 bridgehead atoms. The molecule has 3 aromatic rings. The summed E-state index contributed by atoms with van der Waals surface area (Å²) in [6.07, 6.45) is 6.73. The third kappa shape index (κ3) is 6.08. The average Bonchev–Trinajstić information content (AvgIpc) is 3.36. The molecule has 0 N–H and O–H groups in total. The van der Waals surface area contributed by atoms with E-state index in [0.717, 1.165) is 42.0 Å². The summed E-state index contributed by atoms with van der Waals surface area (Å²) in [4.78, 5) is 17.8. The van der Waals surface area contributed by atoms with E-state index >= 15 is 0 Å². The van der Waals surface area contributed by atoms with Crippen molar-refractivity contribution in [2.24, 2.45) is 0 Å². The second-order valence-electron chi connectivity index (χ2n) is 9.39. The summed E-state index contributed by atoms with van der Waals surface area (Å²) in [7, 11) is 5.38. The molecule has 36 heavy (non-hydrogen) atoms. The van der Waals surface area contributed by atoms with Crippen molar-refractivity contribution in [3.05, 3.63) is 65.7 Å². The number of hydrogen-bond acceptors (Lipinski definition) is 6. The maximum absolute atomic E-state index is 13.7. The molecule has 192 valence electrons. The number of aromatic nitrogens is 1. The van der Waals surface area contributed by atoms with Gasteiger partial charge >= 0.3 is 0 Å². The Balaban J connectivity index is 1.70. The lowest BCUT2D eigenvalue weighted by molar-refractivity contribution is 0.0723. The third-order valence-electron chi connectivity index (χ3n) is 6.99. The molecule has 0 spiro atoms. The maximum atomic E-state index is 13.7. The van der Waals surface area contributed by atoms with Crippen molar-refractivity contribution < 1.29 is 18.8 Å². The molecule has 0 atom stereocenters. The Labute approximate surface area is 214 Å². The molecule has 0 saturated heterocycles. The van der Waals surface area contributed by atoms with Gasteiger partial charge in [0.05, 0.1) is 19.2 Å². The van der Waals surface area contributed by atoms with E-state index in [1.807, 2.05) is 53.4 Å². The molecule has 7 nitrogen and oxygen atoms in total. The van der Waals surface area contributed by atoms with E-state index < -0.39 is 0 Å². The van der Waals surface area contributed by atoms with Crippen LogP contribution in [0.5, 0.6) is 5.75 Å². The first kappa shape index (κ1) is 25.8. The van der Waals surface area contributed by atoms with Crippen molar-refractivity contribution in [2.45, 2.75) is 51.1 Å². The lowest BCUT2D eigenvalue weighted by Gasteiger charge is -2.32. The van der Waals surface area contributed by atoms with Crippen LogP contribution < -0.4 is 9.64 Å². The number of carbonyl (C=O) groups excluding carboxylic acids is 1. The molecule has 7 heteroatoms. The van der Waals surface area contributed by atoms with Gasteiger partial charge in [-0.05, 0) is 37.5 Å². The molecular formula is C29H37N3O4. The third-order valence-corrected chi connectivity index (χ3v) is 6.99. The summed E-state index contributed by atoms with van der Waals surface area (Å²) >= 11 is 0. The summed E-state index contributed by atoms with van der Waals surface area (Å²) in [5.41, 5.74) is 3.28. The number of ether oxygens (including phenoxy) is 2. The molecule has 0 unspecified atom stereocenters. The smallest absolute Gasteiger partial charge is 0.254 e. The highest BCUT2D eigenvalue weighted by Gasteiger charge is 2.29. The van der Waals surface area contributed by atoms with Crippen LogP contribution in [0.15, 0.2) is 59.1 Å². The van der Waals surface area contributed by atoms with E-state index in [1.54, 1.807) is 20.3 Å². The number of nitrogens with zero attached hydrogens (tertiary/aromatic N) is 3. The maximum Gasteiger partial charge on any atom is 0.254 e. The zero-order valence-corrected chi connectivity index (χ0v) is 21.6. The number of hydrogen-bond donors (Lipinski definition) is 0. The highest BCUT2D eigenvalue weighted by Crippen LogP contribution is 2.35. The summed E-state index contributed by atoms with van der Waals surface area (Å²) in [6.45, 7) is 1.52. The monoisotopic (exact) mass is 491 g/mol. The number of benzene rings is 2. The number of amides is 1. The van der Waals surface area contributed by atoms with Crippen molar-refractivity contribution in [2.75, 3.05) is 39.3 Å². The van der Waals surface area contributed by atoms with Crippen LogP contribution in [0.25, 0.3) is 11.3 Å². The van der Waals surface area contributed by atoms with E-state index in [1.165, 1.54) is 19.3 Å². The molecule has 4 rings (SSSR count). The predicted octanol–water partition coefficient (Wildman–Crippen LogP) is 5.80. The molecule has 1 fully saturated rings. The minimum atomic E-state index is -0.0588. The molecule has 1 aromatic heterocycles. The lowest BCUT2D eigenvalue weighted by Crippen LogP contribution is -2.35. The van der Waals surface area contributed by atoms with Gasteiger partial charge in [-0.15, -0.1) is 0 Å². The fraction of sp³-hybridized carbons (Fsp3) is 0.448. The fourth-order valence-electron chi connectivity index (χ4n) is 4.96. The van der Waals surface area contributed by atoms with Crippen LogP contribution >= 0.6 is 0 Å². The molecule has 1 saturated carbocycles. The van der Waals surface area contributed by atoms with Crippen LogP contribution in [-0.2, 0) is 11.3 Å². The van der Waals surface area contributed by atoms with Crippen molar-refractivity contribution in [1.82, 2.24) is 10.1 Å². The lowest BCUT2D eigenvalue weighted by atomic mass is 9.94. The zero-order chi connectivity index (χ0) is 25.3. The summed E-state index contributed by atoms with van der Waals surface area (Å²) in [6, 6.07) is 17.8. The van der Waals surface area contributed by atoms with Gasteiger partial charge in [0.2, 0.25) is 5.88 Å². The van der Waals surface area contributed by atoms with Gasteiger partial charge in [0.15, 0.2) is 0 Å². The van der Waals surface area contributed by atoms with Crippen LogP contribution in [0.2, 0.25) is 0 Å². The Morgan fingerprint density at radius 3 is 2.56 bits per heavy atom. The number of anilines is 1. The van der Waals surface area contributed by atoms with Gasteiger partial charge in [0, 0.05) is 44.5 Å². The first-order chi connectivity index (χ1) is 17.6.